The lowest BCUT2D eigenvalue weighted by molar-refractivity contribution is 0.415. The van der Waals surface area contributed by atoms with E-state index in [4.69, 9.17) is 16.1 Å². The van der Waals surface area contributed by atoms with Gasteiger partial charge in [-0.15, -0.1) is 0 Å². The highest BCUT2D eigenvalue weighted by Crippen LogP contribution is 2.25. The molecule has 106 valence electrons. The van der Waals surface area contributed by atoms with Crippen molar-refractivity contribution in [1.82, 2.24) is 10.1 Å². The van der Waals surface area contributed by atoms with Gasteiger partial charge in [-0.1, -0.05) is 22.8 Å². The van der Waals surface area contributed by atoms with Crippen LogP contribution in [0.3, 0.4) is 0 Å². The summed E-state index contributed by atoms with van der Waals surface area (Å²) in [4.78, 5) is 4.44. The molecule has 1 aromatic carbocycles. The standard InChI is InChI=1S/C15H11ClFN3O/c1-9-14(8-21-20-9)19-15-4-2-3-13(18-15)10-5-11(16)7-12(17)6-10/h2-8H,1H3,(H,18,19). The molecule has 0 aliphatic rings. The fraction of sp³-hybridized carbons (Fsp3) is 0.0667. The Labute approximate surface area is 125 Å². The van der Waals surface area contributed by atoms with Gasteiger partial charge >= 0.3 is 0 Å². The summed E-state index contributed by atoms with van der Waals surface area (Å²) in [6.07, 6.45) is 1.50. The van der Waals surface area contributed by atoms with Crippen molar-refractivity contribution in [3.63, 3.8) is 0 Å². The minimum absolute atomic E-state index is 0.333. The summed E-state index contributed by atoms with van der Waals surface area (Å²) in [7, 11) is 0. The molecule has 1 N–H and O–H groups in total. The summed E-state index contributed by atoms with van der Waals surface area (Å²) < 4.78 is 18.3. The summed E-state index contributed by atoms with van der Waals surface area (Å²) in [6.45, 7) is 1.82. The van der Waals surface area contributed by atoms with E-state index in [1.165, 1.54) is 18.4 Å². The third-order valence-corrected chi connectivity index (χ3v) is 3.14. The van der Waals surface area contributed by atoms with Gasteiger partial charge in [0, 0.05) is 10.6 Å². The van der Waals surface area contributed by atoms with Crippen LogP contribution in [0.15, 0.2) is 47.2 Å². The van der Waals surface area contributed by atoms with Gasteiger partial charge in [-0.2, -0.15) is 0 Å². The second-order valence-corrected chi connectivity index (χ2v) is 4.94. The molecule has 0 fully saturated rings. The minimum atomic E-state index is -0.396. The van der Waals surface area contributed by atoms with Gasteiger partial charge < -0.3 is 9.84 Å². The molecule has 0 radical (unpaired) electrons. The summed E-state index contributed by atoms with van der Waals surface area (Å²) in [5, 5.41) is 7.22. The molecule has 0 aliphatic carbocycles. The van der Waals surface area contributed by atoms with Crippen LogP contribution in [0.4, 0.5) is 15.9 Å². The van der Waals surface area contributed by atoms with E-state index >= 15 is 0 Å². The van der Waals surface area contributed by atoms with Crippen LogP contribution in [0, 0.1) is 12.7 Å². The van der Waals surface area contributed by atoms with Crippen LogP contribution < -0.4 is 5.32 Å². The van der Waals surface area contributed by atoms with Crippen molar-refractivity contribution in [3.05, 3.63) is 59.2 Å². The molecule has 0 bridgehead atoms. The zero-order valence-corrected chi connectivity index (χ0v) is 11.9. The zero-order chi connectivity index (χ0) is 14.8. The van der Waals surface area contributed by atoms with Crippen LogP contribution in [0.2, 0.25) is 5.02 Å². The first-order valence-electron chi connectivity index (χ1n) is 6.23. The highest BCUT2D eigenvalue weighted by molar-refractivity contribution is 6.30. The molecule has 3 aromatic rings. The van der Waals surface area contributed by atoms with Crippen LogP contribution >= 0.6 is 11.6 Å². The van der Waals surface area contributed by atoms with Crippen molar-refractivity contribution in [2.45, 2.75) is 6.92 Å². The first-order chi connectivity index (χ1) is 10.1. The predicted octanol–water partition coefficient (Wildman–Crippen LogP) is 4.58. The normalized spacial score (nSPS) is 10.6. The molecule has 2 heterocycles. The number of hydrogen-bond acceptors (Lipinski definition) is 4. The van der Waals surface area contributed by atoms with E-state index in [2.05, 4.69) is 15.5 Å². The van der Waals surface area contributed by atoms with Gasteiger partial charge in [0.05, 0.1) is 5.69 Å². The highest BCUT2D eigenvalue weighted by Gasteiger charge is 2.07. The summed E-state index contributed by atoms with van der Waals surface area (Å²) in [6, 6.07) is 9.73. The Bertz CT molecular complexity index is 768. The molecule has 0 saturated heterocycles. The lowest BCUT2D eigenvalue weighted by atomic mass is 10.1. The Hall–Kier alpha value is -2.40. The maximum Gasteiger partial charge on any atom is 0.147 e. The molecule has 0 atom stereocenters. The second kappa shape index (κ2) is 5.54. The Morgan fingerprint density at radius 2 is 2.10 bits per heavy atom. The van der Waals surface area contributed by atoms with Crippen molar-refractivity contribution in [1.29, 1.82) is 0 Å². The first kappa shape index (κ1) is 13.6. The van der Waals surface area contributed by atoms with Crippen molar-refractivity contribution in [2.24, 2.45) is 0 Å². The lowest BCUT2D eigenvalue weighted by Gasteiger charge is -2.07. The van der Waals surface area contributed by atoms with Crippen LogP contribution in [0.5, 0.6) is 0 Å². The van der Waals surface area contributed by atoms with E-state index in [-0.39, 0.29) is 0 Å². The largest absolute Gasteiger partial charge is 0.362 e. The average Bonchev–Trinajstić information content (AvgIpc) is 2.84. The van der Waals surface area contributed by atoms with E-state index in [1.54, 1.807) is 18.2 Å². The molecule has 2 aromatic heterocycles. The van der Waals surface area contributed by atoms with Crippen molar-refractivity contribution in [3.8, 4) is 11.3 Å². The van der Waals surface area contributed by atoms with E-state index in [1.807, 2.05) is 13.0 Å². The summed E-state index contributed by atoms with van der Waals surface area (Å²) in [5.41, 5.74) is 2.70. The molecule has 0 spiro atoms. The first-order valence-corrected chi connectivity index (χ1v) is 6.61. The van der Waals surface area contributed by atoms with Gasteiger partial charge in [0.2, 0.25) is 0 Å². The highest BCUT2D eigenvalue weighted by atomic mass is 35.5. The van der Waals surface area contributed by atoms with Crippen molar-refractivity contribution < 1.29 is 8.91 Å². The summed E-state index contributed by atoms with van der Waals surface area (Å²) >= 11 is 5.87. The molecular formula is C15H11ClFN3O. The fourth-order valence-corrected chi connectivity index (χ4v) is 2.14. The average molecular weight is 304 g/mol. The van der Waals surface area contributed by atoms with Crippen LogP contribution in [-0.2, 0) is 0 Å². The minimum Gasteiger partial charge on any atom is -0.362 e. The number of benzene rings is 1. The Kier molecular flexibility index (Phi) is 3.58. The summed E-state index contributed by atoms with van der Waals surface area (Å²) in [5.74, 6) is 0.215. The van der Waals surface area contributed by atoms with E-state index in [0.29, 0.717) is 22.1 Å². The molecule has 4 nitrogen and oxygen atoms in total. The quantitative estimate of drug-likeness (QED) is 0.769. The van der Waals surface area contributed by atoms with Gasteiger partial charge in [-0.3, -0.25) is 0 Å². The third kappa shape index (κ3) is 3.03. The van der Waals surface area contributed by atoms with Gasteiger partial charge in [-0.25, -0.2) is 9.37 Å². The second-order valence-electron chi connectivity index (χ2n) is 4.50. The van der Waals surface area contributed by atoms with Crippen LogP contribution in [0.1, 0.15) is 5.69 Å². The number of nitrogens with zero attached hydrogens (tertiary/aromatic N) is 2. The number of halogens is 2. The van der Waals surface area contributed by atoms with Crippen molar-refractivity contribution in [2.75, 3.05) is 5.32 Å². The van der Waals surface area contributed by atoms with Gasteiger partial charge in [0.15, 0.2) is 0 Å². The smallest absolute Gasteiger partial charge is 0.147 e. The maximum absolute atomic E-state index is 13.4. The molecule has 0 aliphatic heterocycles. The Morgan fingerprint density at radius 1 is 1.24 bits per heavy atom. The monoisotopic (exact) mass is 303 g/mol. The molecule has 6 heteroatoms. The zero-order valence-electron chi connectivity index (χ0n) is 11.1. The van der Waals surface area contributed by atoms with Gasteiger partial charge in [0.1, 0.15) is 29.3 Å². The van der Waals surface area contributed by atoms with E-state index in [0.717, 1.165) is 11.4 Å². The van der Waals surface area contributed by atoms with E-state index < -0.39 is 5.82 Å². The Morgan fingerprint density at radius 3 is 2.81 bits per heavy atom. The maximum atomic E-state index is 13.4. The SMILES string of the molecule is Cc1nocc1Nc1cccc(-c2cc(F)cc(Cl)c2)n1. The number of aryl methyl sites for hydroxylation is 1. The van der Waals surface area contributed by atoms with Crippen LogP contribution in [-0.4, -0.2) is 10.1 Å². The molecule has 3 rings (SSSR count). The number of nitrogens with one attached hydrogen (secondary N) is 1. The molecular weight excluding hydrogens is 293 g/mol. The molecule has 0 unspecified atom stereocenters. The lowest BCUT2D eigenvalue weighted by Crippen LogP contribution is -1.95. The van der Waals surface area contributed by atoms with E-state index in [9.17, 15) is 4.39 Å². The van der Waals surface area contributed by atoms with Gasteiger partial charge in [-0.05, 0) is 37.3 Å². The number of hydrogen-bond donors (Lipinski definition) is 1. The van der Waals surface area contributed by atoms with Gasteiger partial charge in [0.25, 0.3) is 0 Å². The number of pyridine rings is 1. The number of rotatable bonds is 3. The van der Waals surface area contributed by atoms with Crippen molar-refractivity contribution >= 4 is 23.1 Å². The number of aromatic nitrogens is 2. The van der Waals surface area contributed by atoms with Crippen LogP contribution in [0.25, 0.3) is 11.3 Å². The number of anilines is 2. The fourth-order valence-electron chi connectivity index (χ4n) is 1.92. The Balaban J connectivity index is 1.94. The predicted molar refractivity (Wildman–Crippen MR) is 79.2 cm³/mol. The molecule has 0 amide bonds. The molecule has 21 heavy (non-hydrogen) atoms. The topological polar surface area (TPSA) is 51.0 Å². The third-order valence-electron chi connectivity index (χ3n) is 2.92. The molecule has 0 saturated carbocycles.